The summed E-state index contributed by atoms with van der Waals surface area (Å²) in [5.74, 6) is -2.18. The van der Waals surface area contributed by atoms with Crippen molar-refractivity contribution in [2.75, 3.05) is 33.7 Å². The van der Waals surface area contributed by atoms with Gasteiger partial charge in [0.25, 0.3) is 0 Å². The van der Waals surface area contributed by atoms with E-state index in [0.29, 0.717) is 6.54 Å². The van der Waals surface area contributed by atoms with E-state index >= 15 is 0 Å². The van der Waals surface area contributed by atoms with Crippen molar-refractivity contribution < 1.29 is 22.7 Å². The molecular weight excluding hydrogens is 287 g/mol. The van der Waals surface area contributed by atoms with Crippen LogP contribution in [-0.4, -0.2) is 62.4 Å². The number of carboxylic acids is 1. The van der Waals surface area contributed by atoms with Crippen molar-refractivity contribution >= 4 is 16.0 Å². The van der Waals surface area contributed by atoms with Crippen LogP contribution in [0.2, 0.25) is 0 Å². The van der Waals surface area contributed by atoms with E-state index < -0.39 is 33.3 Å². The molecule has 1 aromatic carbocycles. The zero-order valence-corrected chi connectivity index (χ0v) is 12.1. The molecule has 0 bridgehead atoms. The van der Waals surface area contributed by atoms with E-state index in [1.54, 1.807) is 19.0 Å². The highest BCUT2D eigenvalue weighted by Gasteiger charge is 2.28. The van der Waals surface area contributed by atoms with Crippen molar-refractivity contribution in [3.8, 4) is 0 Å². The van der Waals surface area contributed by atoms with E-state index in [1.807, 2.05) is 0 Å². The lowest BCUT2D eigenvalue weighted by molar-refractivity contribution is -0.137. The number of carbonyl (C=O) groups is 1. The van der Waals surface area contributed by atoms with Crippen molar-refractivity contribution in [3.63, 3.8) is 0 Å². The highest BCUT2D eigenvalue weighted by molar-refractivity contribution is 7.89. The van der Waals surface area contributed by atoms with E-state index in [-0.39, 0.29) is 6.54 Å². The molecule has 0 unspecified atom stereocenters. The maximum atomic E-state index is 13.6. The van der Waals surface area contributed by atoms with E-state index in [2.05, 4.69) is 0 Å². The SMILES string of the molecule is CN(C)CCN(CC(=O)O)S(=O)(=O)c1ccccc1F. The molecule has 0 aliphatic carbocycles. The Morgan fingerprint density at radius 1 is 1.25 bits per heavy atom. The van der Waals surface area contributed by atoms with Gasteiger partial charge in [0, 0.05) is 13.1 Å². The normalized spacial score (nSPS) is 12.1. The first kappa shape index (κ1) is 16.5. The smallest absolute Gasteiger partial charge is 0.318 e. The Bertz CT molecular complexity index is 575. The van der Waals surface area contributed by atoms with Crippen LogP contribution in [0.25, 0.3) is 0 Å². The average Bonchev–Trinajstić information content (AvgIpc) is 2.34. The molecule has 6 nitrogen and oxygen atoms in total. The van der Waals surface area contributed by atoms with Crippen LogP contribution in [0.15, 0.2) is 29.2 Å². The van der Waals surface area contributed by atoms with Gasteiger partial charge < -0.3 is 10.0 Å². The number of rotatable bonds is 7. The van der Waals surface area contributed by atoms with Crippen LogP contribution in [-0.2, 0) is 14.8 Å². The van der Waals surface area contributed by atoms with Crippen LogP contribution in [0.3, 0.4) is 0 Å². The molecular formula is C12H17FN2O4S. The lowest BCUT2D eigenvalue weighted by Crippen LogP contribution is -2.40. The molecule has 0 heterocycles. The van der Waals surface area contributed by atoms with Gasteiger partial charge in [0.2, 0.25) is 10.0 Å². The minimum Gasteiger partial charge on any atom is -0.480 e. The summed E-state index contributed by atoms with van der Waals surface area (Å²) in [6, 6.07) is 4.91. The molecule has 0 aliphatic heterocycles. The topological polar surface area (TPSA) is 77.9 Å². The van der Waals surface area contributed by atoms with Gasteiger partial charge in [0.05, 0.1) is 0 Å². The Hall–Kier alpha value is -1.51. The summed E-state index contributed by atoms with van der Waals surface area (Å²) in [5, 5.41) is 8.82. The summed E-state index contributed by atoms with van der Waals surface area (Å²) in [7, 11) is -0.710. The number of sulfonamides is 1. The minimum absolute atomic E-state index is 0.0318. The van der Waals surface area contributed by atoms with Gasteiger partial charge in [0.1, 0.15) is 17.3 Å². The summed E-state index contributed by atoms with van der Waals surface area (Å²) < 4.78 is 39.0. The number of hydrogen-bond acceptors (Lipinski definition) is 4. The second-order valence-corrected chi connectivity index (χ2v) is 6.37. The summed E-state index contributed by atoms with van der Waals surface area (Å²) in [5.41, 5.74) is 0. The lowest BCUT2D eigenvalue weighted by atomic mass is 10.4. The number of nitrogens with zero attached hydrogens (tertiary/aromatic N) is 2. The molecule has 0 radical (unpaired) electrons. The lowest BCUT2D eigenvalue weighted by Gasteiger charge is -2.22. The highest BCUT2D eigenvalue weighted by atomic mass is 32.2. The van der Waals surface area contributed by atoms with Gasteiger partial charge in [-0.15, -0.1) is 0 Å². The fourth-order valence-corrected chi connectivity index (χ4v) is 2.99. The van der Waals surface area contributed by atoms with Crippen molar-refractivity contribution in [1.82, 2.24) is 9.21 Å². The molecule has 0 aromatic heterocycles. The van der Waals surface area contributed by atoms with Gasteiger partial charge in [-0.1, -0.05) is 12.1 Å². The van der Waals surface area contributed by atoms with Crippen molar-refractivity contribution in [1.29, 1.82) is 0 Å². The van der Waals surface area contributed by atoms with E-state index in [0.717, 1.165) is 16.4 Å². The summed E-state index contributed by atoms with van der Waals surface area (Å²) in [4.78, 5) is 12.0. The zero-order valence-electron chi connectivity index (χ0n) is 11.3. The molecule has 0 fully saturated rings. The van der Waals surface area contributed by atoms with E-state index in [4.69, 9.17) is 5.11 Å². The third kappa shape index (κ3) is 4.26. The predicted octanol–water partition coefficient (Wildman–Crippen LogP) is 0.463. The van der Waals surface area contributed by atoms with Gasteiger partial charge in [-0.05, 0) is 26.2 Å². The van der Waals surface area contributed by atoms with Gasteiger partial charge in [0.15, 0.2) is 0 Å². The first-order chi connectivity index (χ1) is 9.25. The van der Waals surface area contributed by atoms with Crippen LogP contribution in [0.4, 0.5) is 4.39 Å². The monoisotopic (exact) mass is 304 g/mol. The molecule has 112 valence electrons. The molecule has 0 amide bonds. The number of benzene rings is 1. The van der Waals surface area contributed by atoms with Crippen LogP contribution in [0.1, 0.15) is 0 Å². The van der Waals surface area contributed by atoms with Gasteiger partial charge >= 0.3 is 5.97 Å². The molecule has 0 spiro atoms. The fourth-order valence-electron chi connectivity index (χ4n) is 1.54. The first-order valence-electron chi connectivity index (χ1n) is 5.86. The van der Waals surface area contributed by atoms with Crippen molar-refractivity contribution in [2.45, 2.75) is 4.90 Å². The molecule has 20 heavy (non-hydrogen) atoms. The Labute approximate surface area is 117 Å². The summed E-state index contributed by atoms with van der Waals surface area (Å²) >= 11 is 0. The third-order valence-electron chi connectivity index (χ3n) is 2.56. The fraction of sp³-hybridized carbons (Fsp3) is 0.417. The molecule has 1 N–H and O–H groups in total. The second-order valence-electron chi connectivity index (χ2n) is 4.47. The van der Waals surface area contributed by atoms with Gasteiger partial charge in [-0.25, -0.2) is 12.8 Å². The largest absolute Gasteiger partial charge is 0.480 e. The maximum absolute atomic E-state index is 13.6. The van der Waals surface area contributed by atoms with Crippen LogP contribution in [0, 0.1) is 5.82 Å². The summed E-state index contributed by atoms with van der Waals surface area (Å²) in [6.45, 7) is -0.401. The predicted molar refractivity (Wildman–Crippen MR) is 71.3 cm³/mol. The van der Waals surface area contributed by atoms with Crippen molar-refractivity contribution in [2.24, 2.45) is 0 Å². The molecule has 0 atom stereocenters. The van der Waals surface area contributed by atoms with Crippen molar-refractivity contribution in [3.05, 3.63) is 30.1 Å². The molecule has 1 rings (SSSR count). The second kappa shape index (κ2) is 6.78. The Morgan fingerprint density at radius 3 is 2.35 bits per heavy atom. The Kier molecular flexibility index (Phi) is 5.61. The average molecular weight is 304 g/mol. The van der Waals surface area contributed by atoms with E-state index in [1.165, 1.54) is 12.1 Å². The van der Waals surface area contributed by atoms with E-state index in [9.17, 15) is 17.6 Å². The van der Waals surface area contributed by atoms with Gasteiger partial charge in [-0.2, -0.15) is 4.31 Å². The van der Waals surface area contributed by atoms with Crippen LogP contribution in [0.5, 0.6) is 0 Å². The maximum Gasteiger partial charge on any atom is 0.318 e. The standard InChI is InChI=1S/C12H17FN2O4S/c1-14(2)7-8-15(9-12(16)17)20(18,19)11-6-4-3-5-10(11)13/h3-6H,7-9H2,1-2H3,(H,16,17). The number of likely N-dealkylation sites (N-methyl/N-ethyl adjacent to an activating group) is 1. The molecule has 1 aromatic rings. The molecule has 0 aliphatic rings. The first-order valence-corrected chi connectivity index (χ1v) is 7.30. The van der Waals surface area contributed by atoms with Gasteiger partial charge in [-0.3, -0.25) is 4.79 Å². The molecule has 0 saturated heterocycles. The number of carboxylic acid groups (broad SMARTS) is 1. The molecule has 8 heteroatoms. The Morgan fingerprint density at radius 2 is 1.85 bits per heavy atom. The van der Waals surface area contributed by atoms with Crippen LogP contribution >= 0.6 is 0 Å². The van der Waals surface area contributed by atoms with Crippen LogP contribution < -0.4 is 0 Å². The zero-order chi connectivity index (χ0) is 15.3. The highest BCUT2D eigenvalue weighted by Crippen LogP contribution is 2.18. The number of aliphatic carboxylic acids is 1. The quantitative estimate of drug-likeness (QED) is 0.792. The summed E-state index contributed by atoms with van der Waals surface area (Å²) in [6.07, 6.45) is 0. The minimum atomic E-state index is -4.17. The molecule has 0 saturated carbocycles. The third-order valence-corrected chi connectivity index (χ3v) is 4.44. The Balaban J connectivity index is 3.10. The number of halogens is 1. The number of hydrogen-bond donors (Lipinski definition) is 1.